The van der Waals surface area contributed by atoms with Crippen LogP contribution in [0.2, 0.25) is 0 Å². The van der Waals surface area contributed by atoms with Gasteiger partial charge in [0.15, 0.2) is 0 Å². The Morgan fingerprint density at radius 1 is 1.22 bits per heavy atom. The van der Waals surface area contributed by atoms with Gasteiger partial charge in [-0.3, -0.25) is 14.8 Å². The summed E-state index contributed by atoms with van der Waals surface area (Å²) in [6.07, 6.45) is 8.62. The minimum absolute atomic E-state index is 0.0447. The molecule has 3 heterocycles. The van der Waals surface area contributed by atoms with Crippen LogP contribution < -0.4 is 0 Å². The van der Waals surface area contributed by atoms with Crippen molar-refractivity contribution in [3.63, 3.8) is 0 Å². The Balaban J connectivity index is 1.44. The first kappa shape index (κ1) is 14.3. The van der Waals surface area contributed by atoms with Crippen LogP contribution >= 0.6 is 0 Å². The number of rotatable bonds is 4. The molecule has 4 rings (SSSR count). The quantitative estimate of drug-likeness (QED) is 0.859. The van der Waals surface area contributed by atoms with E-state index < -0.39 is 0 Å². The largest absolute Gasteiger partial charge is 0.369 e. The van der Waals surface area contributed by atoms with Gasteiger partial charge < -0.3 is 9.64 Å². The molecule has 1 saturated carbocycles. The fourth-order valence-electron chi connectivity index (χ4n) is 3.65. The molecule has 0 radical (unpaired) electrons. The maximum absolute atomic E-state index is 12.6. The summed E-state index contributed by atoms with van der Waals surface area (Å²) in [6, 6.07) is 5.95. The fraction of sp³-hybridized carbons (Fsp3) is 0.412. The standard InChI is InChI=1S/C17H18N4O2/c22-17(14-9-18-7-8-20-14)21-10-12-4-5-15(21)16(12)23-11-13-3-1-2-6-19-13/h1-3,6-9,12,15-16H,4-5,10-11H2/t12-,15+,16-/m1/s1. The zero-order valence-electron chi connectivity index (χ0n) is 12.7. The van der Waals surface area contributed by atoms with Crippen LogP contribution in [0.25, 0.3) is 0 Å². The van der Waals surface area contributed by atoms with Gasteiger partial charge in [0.1, 0.15) is 5.69 Å². The van der Waals surface area contributed by atoms with Crippen molar-refractivity contribution in [2.75, 3.05) is 6.54 Å². The van der Waals surface area contributed by atoms with Crippen LogP contribution in [-0.2, 0) is 11.3 Å². The average molecular weight is 310 g/mol. The van der Waals surface area contributed by atoms with Gasteiger partial charge in [-0.25, -0.2) is 4.98 Å². The van der Waals surface area contributed by atoms with Crippen molar-refractivity contribution in [2.24, 2.45) is 5.92 Å². The van der Waals surface area contributed by atoms with E-state index in [4.69, 9.17) is 4.74 Å². The van der Waals surface area contributed by atoms with Crippen molar-refractivity contribution in [1.82, 2.24) is 19.9 Å². The SMILES string of the molecule is O=C(c1cnccn1)N1C[C@H]2CC[C@H]1[C@@H]2OCc1ccccn1. The molecule has 2 aromatic rings. The number of piperidine rings is 1. The Morgan fingerprint density at radius 3 is 2.96 bits per heavy atom. The highest BCUT2D eigenvalue weighted by Crippen LogP contribution is 2.40. The molecular weight excluding hydrogens is 292 g/mol. The average Bonchev–Trinajstić information content (AvgIpc) is 3.18. The lowest BCUT2D eigenvalue weighted by Crippen LogP contribution is -2.40. The summed E-state index contributed by atoms with van der Waals surface area (Å²) in [5.74, 6) is 0.362. The van der Waals surface area contributed by atoms with Crippen molar-refractivity contribution < 1.29 is 9.53 Å². The molecule has 1 aliphatic heterocycles. The monoisotopic (exact) mass is 310 g/mol. The van der Waals surface area contributed by atoms with Crippen molar-refractivity contribution in [3.8, 4) is 0 Å². The summed E-state index contributed by atoms with van der Waals surface area (Å²) in [5, 5.41) is 0. The first-order valence-corrected chi connectivity index (χ1v) is 7.91. The normalized spacial score (nSPS) is 25.7. The van der Waals surface area contributed by atoms with Gasteiger partial charge in [-0.05, 0) is 25.0 Å². The molecule has 0 spiro atoms. The van der Waals surface area contributed by atoms with Crippen molar-refractivity contribution in [1.29, 1.82) is 0 Å². The number of carbonyl (C=O) groups excluding carboxylic acids is 1. The maximum atomic E-state index is 12.6. The summed E-state index contributed by atoms with van der Waals surface area (Å²) in [5.41, 5.74) is 1.33. The van der Waals surface area contributed by atoms with Gasteiger partial charge in [-0.2, -0.15) is 0 Å². The van der Waals surface area contributed by atoms with Crippen LogP contribution in [0.1, 0.15) is 29.0 Å². The summed E-state index contributed by atoms with van der Waals surface area (Å²) in [7, 11) is 0. The van der Waals surface area contributed by atoms with E-state index in [9.17, 15) is 4.79 Å². The number of fused-ring (bicyclic) bond motifs is 2. The van der Waals surface area contributed by atoms with Gasteiger partial charge >= 0.3 is 0 Å². The van der Waals surface area contributed by atoms with E-state index in [2.05, 4.69) is 15.0 Å². The van der Waals surface area contributed by atoms with E-state index in [-0.39, 0.29) is 18.1 Å². The summed E-state index contributed by atoms with van der Waals surface area (Å²) in [6.45, 7) is 1.23. The summed E-state index contributed by atoms with van der Waals surface area (Å²) < 4.78 is 6.10. The molecule has 2 bridgehead atoms. The van der Waals surface area contributed by atoms with E-state index in [1.54, 1.807) is 18.6 Å². The first-order chi connectivity index (χ1) is 11.3. The lowest BCUT2D eigenvalue weighted by Gasteiger charge is -2.26. The smallest absolute Gasteiger partial charge is 0.274 e. The lowest BCUT2D eigenvalue weighted by molar-refractivity contribution is 0.0143. The minimum atomic E-state index is -0.0447. The Hall–Kier alpha value is -2.34. The van der Waals surface area contributed by atoms with Crippen molar-refractivity contribution >= 4 is 5.91 Å². The van der Waals surface area contributed by atoms with Gasteiger partial charge in [0.25, 0.3) is 5.91 Å². The molecule has 1 saturated heterocycles. The summed E-state index contributed by atoms with van der Waals surface area (Å²) in [4.78, 5) is 26.9. The second kappa shape index (κ2) is 6.04. The zero-order valence-corrected chi connectivity index (χ0v) is 12.7. The summed E-state index contributed by atoms with van der Waals surface area (Å²) >= 11 is 0. The molecular formula is C17H18N4O2. The first-order valence-electron chi connectivity index (χ1n) is 7.91. The molecule has 1 amide bonds. The lowest BCUT2D eigenvalue weighted by atomic mass is 10.1. The van der Waals surface area contributed by atoms with E-state index in [1.165, 1.54) is 6.20 Å². The van der Waals surface area contributed by atoms with E-state index in [0.717, 1.165) is 25.1 Å². The molecule has 3 atom stereocenters. The number of nitrogens with zero attached hydrogens (tertiary/aromatic N) is 4. The molecule has 118 valence electrons. The maximum Gasteiger partial charge on any atom is 0.274 e. The molecule has 23 heavy (non-hydrogen) atoms. The number of hydrogen-bond donors (Lipinski definition) is 0. The van der Waals surface area contributed by atoms with Gasteiger partial charge in [0.2, 0.25) is 0 Å². The van der Waals surface area contributed by atoms with E-state index >= 15 is 0 Å². The third kappa shape index (κ3) is 2.70. The van der Waals surface area contributed by atoms with Gasteiger partial charge in [-0.15, -0.1) is 0 Å². The third-order valence-electron chi connectivity index (χ3n) is 4.70. The van der Waals surface area contributed by atoms with Crippen LogP contribution in [-0.4, -0.2) is 44.4 Å². The molecule has 0 N–H and O–H groups in total. The predicted octanol–water partition coefficient (Wildman–Crippen LogP) is 1.69. The Kier molecular flexibility index (Phi) is 3.75. The Bertz CT molecular complexity index is 680. The molecule has 2 fully saturated rings. The third-order valence-corrected chi connectivity index (χ3v) is 4.70. The van der Waals surface area contributed by atoms with Crippen LogP contribution in [0.5, 0.6) is 0 Å². The molecule has 2 aromatic heterocycles. The second-order valence-electron chi connectivity index (χ2n) is 6.05. The van der Waals surface area contributed by atoms with E-state index in [0.29, 0.717) is 18.2 Å². The molecule has 1 aliphatic carbocycles. The Morgan fingerprint density at radius 2 is 2.17 bits per heavy atom. The number of hydrogen-bond acceptors (Lipinski definition) is 5. The van der Waals surface area contributed by atoms with Crippen LogP contribution in [0.3, 0.4) is 0 Å². The molecule has 2 aliphatic rings. The minimum Gasteiger partial charge on any atom is -0.369 e. The zero-order chi connectivity index (χ0) is 15.6. The fourth-order valence-corrected chi connectivity index (χ4v) is 3.65. The highest BCUT2D eigenvalue weighted by Gasteiger charge is 2.49. The van der Waals surface area contributed by atoms with Crippen LogP contribution in [0.15, 0.2) is 43.0 Å². The predicted molar refractivity (Wildman–Crippen MR) is 82.4 cm³/mol. The molecule has 6 nitrogen and oxygen atoms in total. The van der Waals surface area contributed by atoms with Gasteiger partial charge in [0.05, 0.1) is 30.6 Å². The number of pyridine rings is 1. The molecule has 6 heteroatoms. The van der Waals surface area contributed by atoms with Gasteiger partial charge in [0, 0.05) is 31.1 Å². The number of aromatic nitrogens is 3. The Labute approximate surface area is 134 Å². The van der Waals surface area contributed by atoms with E-state index in [1.807, 2.05) is 23.1 Å². The highest BCUT2D eigenvalue weighted by molar-refractivity contribution is 5.92. The topological polar surface area (TPSA) is 68.2 Å². The number of ether oxygens (including phenoxy) is 1. The number of amides is 1. The van der Waals surface area contributed by atoms with Crippen molar-refractivity contribution in [3.05, 3.63) is 54.4 Å². The van der Waals surface area contributed by atoms with Crippen molar-refractivity contribution in [2.45, 2.75) is 31.6 Å². The van der Waals surface area contributed by atoms with Crippen LogP contribution in [0.4, 0.5) is 0 Å². The van der Waals surface area contributed by atoms with Crippen LogP contribution in [0, 0.1) is 5.92 Å². The highest BCUT2D eigenvalue weighted by atomic mass is 16.5. The second-order valence-corrected chi connectivity index (χ2v) is 6.05. The number of carbonyl (C=O) groups is 1. The molecule has 0 aromatic carbocycles. The van der Waals surface area contributed by atoms with Gasteiger partial charge in [-0.1, -0.05) is 6.07 Å². The molecule has 0 unspecified atom stereocenters. The number of likely N-dealkylation sites (tertiary alicyclic amines) is 1.